The standard InChI is InChI=1S/C18H19N3O3S2/c1-11-3-5-13(6-4-11)17-14(26-12(2)20-17)9-15(22)19-7-8-21-16(23)10-25-18(21)24/h3-6H,7-10H2,1-2H3,(H,19,22). The van der Waals surface area contributed by atoms with Gasteiger partial charge in [-0.2, -0.15) is 0 Å². The van der Waals surface area contributed by atoms with Gasteiger partial charge < -0.3 is 5.32 Å². The molecule has 0 aliphatic carbocycles. The van der Waals surface area contributed by atoms with Gasteiger partial charge in [0.15, 0.2) is 0 Å². The Kier molecular flexibility index (Phi) is 5.73. The number of thiazole rings is 1. The van der Waals surface area contributed by atoms with Crippen LogP contribution in [0, 0.1) is 13.8 Å². The van der Waals surface area contributed by atoms with E-state index in [1.807, 2.05) is 38.1 Å². The van der Waals surface area contributed by atoms with Crippen LogP contribution in [-0.4, -0.2) is 45.8 Å². The minimum atomic E-state index is -0.246. The zero-order valence-electron chi connectivity index (χ0n) is 14.6. The Labute approximate surface area is 160 Å². The minimum Gasteiger partial charge on any atom is -0.354 e. The van der Waals surface area contributed by atoms with Crippen molar-refractivity contribution in [2.75, 3.05) is 18.8 Å². The summed E-state index contributed by atoms with van der Waals surface area (Å²) in [6.07, 6.45) is 0.228. The van der Waals surface area contributed by atoms with Crippen LogP contribution in [0.3, 0.4) is 0 Å². The van der Waals surface area contributed by atoms with Crippen molar-refractivity contribution < 1.29 is 14.4 Å². The number of hydrogen-bond donors (Lipinski definition) is 1. The molecule has 2 aromatic rings. The lowest BCUT2D eigenvalue weighted by atomic mass is 10.1. The minimum absolute atomic E-state index is 0.145. The van der Waals surface area contributed by atoms with E-state index in [1.165, 1.54) is 21.8 Å². The molecule has 2 heterocycles. The monoisotopic (exact) mass is 389 g/mol. The van der Waals surface area contributed by atoms with Crippen molar-refractivity contribution in [2.24, 2.45) is 0 Å². The van der Waals surface area contributed by atoms with Crippen LogP contribution in [0.25, 0.3) is 11.3 Å². The van der Waals surface area contributed by atoms with Crippen molar-refractivity contribution in [3.05, 3.63) is 39.7 Å². The maximum atomic E-state index is 12.3. The van der Waals surface area contributed by atoms with Gasteiger partial charge in [-0.05, 0) is 13.8 Å². The fraction of sp³-hybridized carbons (Fsp3) is 0.333. The molecule has 0 saturated carbocycles. The third kappa shape index (κ3) is 4.31. The molecule has 26 heavy (non-hydrogen) atoms. The van der Waals surface area contributed by atoms with Gasteiger partial charge in [0.1, 0.15) is 0 Å². The van der Waals surface area contributed by atoms with E-state index in [9.17, 15) is 14.4 Å². The van der Waals surface area contributed by atoms with E-state index in [1.54, 1.807) is 0 Å². The highest BCUT2D eigenvalue weighted by Crippen LogP contribution is 2.28. The van der Waals surface area contributed by atoms with Crippen LogP contribution in [-0.2, 0) is 16.0 Å². The summed E-state index contributed by atoms with van der Waals surface area (Å²) in [5, 5.41) is 3.45. The number of amides is 3. The number of thioether (sulfide) groups is 1. The lowest BCUT2D eigenvalue weighted by Gasteiger charge is -2.13. The zero-order valence-corrected chi connectivity index (χ0v) is 16.2. The number of nitrogens with zero attached hydrogens (tertiary/aromatic N) is 2. The van der Waals surface area contributed by atoms with Crippen molar-refractivity contribution in [2.45, 2.75) is 20.3 Å². The Hall–Kier alpha value is -2.19. The second-order valence-corrected chi connectivity index (χ2v) is 8.21. The first-order valence-electron chi connectivity index (χ1n) is 8.21. The second kappa shape index (κ2) is 8.01. The van der Waals surface area contributed by atoms with Gasteiger partial charge in [0.25, 0.3) is 5.24 Å². The van der Waals surface area contributed by atoms with Gasteiger partial charge in [-0.1, -0.05) is 41.6 Å². The number of hydrogen-bond acceptors (Lipinski definition) is 6. The molecular formula is C18H19N3O3S2. The molecule has 1 aromatic heterocycles. The third-order valence-electron chi connectivity index (χ3n) is 3.95. The summed E-state index contributed by atoms with van der Waals surface area (Å²) in [6.45, 7) is 4.42. The number of aryl methyl sites for hydroxylation is 2. The van der Waals surface area contributed by atoms with Gasteiger partial charge in [0.2, 0.25) is 11.8 Å². The molecular weight excluding hydrogens is 370 g/mol. The Balaban J connectivity index is 1.60. The van der Waals surface area contributed by atoms with Crippen molar-refractivity contribution in [1.82, 2.24) is 15.2 Å². The normalized spacial score (nSPS) is 14.2. The Morgan fingerprint density at radius 3 is 2.62 bits per heavy atom. The molecule has 0 atom stereocenters. The first-order valence-corrected chi connectivity index (χ1v) is 10.0. The smallest absolute Gasteiger partial charge is 0.288 e. The lowest BCUT2D eigenvalue weighted by molar-refractivity contribution is -0.125. The SMILES string of the molecule is Cc1ccc(-c2nc(C)sc2CC(=O)NCCN2C(=O)CSC2=O)cc1. The van der Waals surface area contributed by atoms with Crippen LogP contribution >= 0.6 is 23.1 Å². The molecule has 3 rings (SSSR count). The average molecular weight is 390 g/mol. The molecule has 1 saturated heterocycles. The first-order chi connectivity index (χ1) is 12.4. The maximum absolute atomic E-state index is 12.3. The summed E-state index contributed by atoms with van der Waals surface area (Å²) in [6, 6.07) is 8.06. The maximum Gasteiger partial charge on any atom is 0.288 e. The third-order valence-corrected chi connectivity index (χ3v) is 5.78. The number of rotatable bonds is 6. The Morgan fingerprint density at radius 1 is 1.23 bits per heavy atom. The molecule has 136 valence electrons. The van der Waals surface area contributed by atoms with Crippen LogP contribution in [0.5, 0.6) is 0 Å². The van der Waals surface area contributed by atoms with E-state index in [4.69, 9.17) is 0 Å². The molecule has 0 unspecified atom stereocenters. The fourth-order valence-electron chi connectivity index (χ4n) is 2.64. The number of nitrogens with one attached hydrogen (secondary N) is 1. The van der Waals surface area contributed by atoms with Gasteiger partial charge in [-0.3, -0.25) is 19.3 Å². The number of carbonyl (C=O) groups excluding carboxylic acids is 3. The summed E-state index contributed by atoms with van der Waals surface area (Å²) in [4.78, 5) is 42.0. The number of carbonyl (C=O) groups is 3. The molecule has 8 heteroatoms. The number of imide groups is 1. The predicted molar refractivity (Wildman–Crippen MR) is 103 cm³/mol. The van der Waals surface area contributed by atoms with Crippen molar-refractivity contribution in [1.29, 1.82) is 0 Å². The molecule has 0 bridgehead atoms. The fourth-order valence-corrected chi connectivity index (χ4v) is 4.35. The van der Waals surface area contributed by atoms with Gasteiger partial charge >= 0.3 is 0 Å². The second-order valence-electron chi connectivity index (χ2n) is 6.00. The van der Waals surface area contributed by atoms with Crippen LogP contribution < -0.4 is 5.32 Å². The van der Waals surface area contributed by atoms with Crippen LogP contribution in [0.1, 0.15) is 15.4 Å². The molecule has 1 N–H and O–H groups in total. The van der Waals surface area contributed by atoms with Gasteiger partial charge in [0, 0.05) is 23.5 Å². The summed E-state index contributed by atoms with van der Waals surface area (Å²) in [5.74, 6) is -0.157. The average Bonchev–Trinajstić information content (AvgIpc) is 3.12. The van der Waals surface area contributed by atoms with E-state index < -0.39 is 0 Å². The number of benzene rings is 1. The highest BCUT2D eigenvalue weighted by Gasteiger charge is 2.29. The van der Waals surface area contributed by atoms with Gasteiger partial charge in [-0.15, -0.1) is 11.3 Å². The van der Waals surface area contributed by atoms with E-state index in [2.05, 4.69) is 10.3 Å². The van der Waals surface area contributed by atoms with Crippen molar-refractivity contribution >= 4 is 40.2 Å². The molecule has 0 spiro atoms. The molecule has 1 aliphatic heterocycles. The molecule has 6 nitrogen and oxygen atoms in total. The molecule has 1 aliphatic rings. The summed E-state index contributed by atoms with van der Waals surface area (Å²) in [7, 11) is 0. The zero-order chi connectivity index (χ0) is 18.7. The van der Waals surface area contributed by atoms with E-state index >= 15 is 0 Å². The Morgan fingerprint density at radius 2 is 1.96 bits per heavy atom. The van der Waals surface area contributed by atoms with E-state index in [-0.39, 0.29) is 42.3 Å². The topological polar surface area (TPSA) is 79.4 Å². The highest BCUT2D eigenvalue weighted by molar-refractivity contribution is 8.14. The van der Waals surface area contributed by atoms with Crippen LogP contribution in [0.15, 0.2) is 24.3 Å². The lowest BCUT2D eigenvalue weighted by Crippen LogP contribution is -2.37. The van der Waals surface area contributed by atoms with Crippen molar-refractivity contribution in [3.63, 3.8) is 0 Å². The van der Waals surface area contributed by atoms with Crippen molar-refractivity contribution in [3.8, 4) is 11.3 Å². The van der Waals surface area contributed by atoms with E-state index in [0.29, 0.717) is 0 Å². The quantitative estimate of drug-likeness (QED) is 0.822. The Bertz CT molecular complexity index is 830. The first kappa shape index (κ1) is 18.6. The van der Waals surface area contributed by atoms with Gasteiger partial charge in [-0.25, -0.2) is 4.98 Å². The van der Waals surface area contributed by atoms with Crippen LogP contribution in [0.4, 0.5) is 4.79 Å². The number of aromatic nitrogens is 1. The van der Waals surface area contributed by atoms with E-state index in [0.717, 1.165) is 32.9 Å². The largest absolute Gasteiger partial charge is 0.354 e. The summed E-state index contributed by atoms with van der Waals surface area (Å²) >= 11 is 2.50. The molecule has 1 aromatic carbocycles. The van der Waals surface area contributed by atoms with Gasteiger partial charge in [0.05, 0.1) is 22.9 Å². The highest BCUT2D eigenvalue weighted by atomic mass is 32.2. The van der Waals surface area contributed by atoms with Crippen LogP contribution in [0.2, 0.25) is 0 Å². The molecule has 3 amide bonds. The molecule has 0 radical (unpaired) electrons. The predicted octanol–water partition coefficient (Wildman–Crippen LogP) is 2.78. The summed E-state index contributed by atoms with van der Waals surface area (Å²) < 4.78 is 0. The molecule has 1 fully saturated rings. The summed E-state index contributed by atoms with van der Waals surface area (Å²) in [5.41, 5.74) is 3.00.